The Labute approximate surface area is 138 Å². The molecule has 5 heteroatoms. The van der Waals surface area contributed by atoms with Crippen molar-refractivity contribution in [1.82, 2.24) is 0 Å². The second-order valence-corrected chi connectivity index (χ2v) is 5.61. The van der Waals surface area contributed by atoms with Crippen LogP contribution in [0.5, 0.6) is 11.5 Å². The van der Waals surface area contributed by atoms with Crippen molar-refractivity contribution < 1.29 is 14.3 Å². The highest BCUT2D eigenvalue weighted by molar-refractivity contribution is 9.10. The average molecular weight is 364 g/mol. The van der Waals surface area contributed by atoms with Crippen LogP contribution >= 0.6 is 15.9 Å². The van der Waals surface area contributed by atoms with Crippen LogP contribution in [0.1, 0.15) is 13.3 Å². The van der Waals surface area contributed by atoms with Gasteiger partial charge in [-0.1, -0.05) is 28.9 Å². The second-order valence-electron chi connectivity index (χ2n) is 4.69. The Kier molecular flexibility index (Phi) is 5.83. The molecule has 0 aromatic heterocycles. The molecule has 0 aliphatic heterocycles. The van der Waals surface area contributed by atoms with Crippen molar-refractivity contribution >= 4 is 27.5 Å². The van der Waals surface area contributed by atoms with Crippen LogP contribution in [0.3, 0.4) is 0 Å². The number of hydrogen-bond donors (Lipinski definition) is 1. The Bertz CT molecular complexity index is 628. The molecule has 0 aliphatic carbocycles. The van der Waals surface area contributed by atoms with E-state index in [4.69, 9.17) is 9.47 Å². The lowest BCUT2D eigenvalue weighted by molar-refractivity contribution is -0.122. The molecule has 0 fully saturated rings. The molecule has 0 saturated heterocycles. The van der Waals surface area contributed by atoms with Crippen LogP contribution in [-0.4, -0.2) is 19.1 Å². The molecule has 0 aliphatic rings. The van der Waals surface area contributed by atoms with E-state index in [0.29, 0.717) is 17.9 Å². The maximum atomic E-state index is 12.3. The van der Waals surface area contributed by atoms with Gasteiger partial charge in [-0.25, -0.2) is 0 Å². The van der Waals surface area contributed by atoms with Crippen LogP contribution in [0, 0.1) is 0 Å². The summed E-state index contributed by atoms with van der Waals surface area (Å²) in [6.45, 7) is 1.91. The van der Waals surface area contributed by atoms with Gasteiger partial charge in [0.05, 0.1) is 7.11 Å². The molecule has 116 valence electrons. The Morgan fingerprint density at radius 1 is 1.18 bits per heavy atom. The van der Waals surface area contributed by atoms with Crippen molar-refractivity contribution in [2.24, 2.45) is 0 Å². The SMILES string of the molecule is CCC(Oc1cccc(OC)c1)C(=O)Nc1ccc(Br)cc1. The first-order valence-corrected chi connectivity index (χ1v) is 7.79. The highest BCUT2D eigenvalue weighted by atomic mass is 79.9. The number of carbonyl (C=O) groups is 1. The van der Waals surface area contributed by atoms with Crippen LogP contribution in [-0.2, 0) is 4.79 Å². The van der Waals surface area contributed by atoms with Gasteiger partial charge in [0.15, 0.2) is 6.10 Å². The van der Waals surface area contributed by atoms with E-state index in [2.05, 4.69) is 21.2 Å². The largest absolute Gasteiger partial charge is 0.497 e. The third kappa shape index (κ3) is 4.49. The van der Waals surface area contributed by atoms with Gasteiger partial charge in [0, 0.05) is 16.2 Å². The third-order valence-electron chi connectivity index (χ3n) is 3.09. The van der Waals surface area contributed by atoms with Crippen molar-refractivity contribution in [2.75, 3.05) is 12.4 Å². The molecule has 0 radical (unpaired) electrons. The Morgan fingerprint density at radius 3 is 2.50 bits per heavy atom. The minimum absolute atomic E-state index is 0.173. The molecule has 2 aromatic rings. The minimum Gasteiger partial charge on any atom is -0.497 e. The fourth-order valence-electron chi connectivity index (χ4n) is 1.92. The van der Waals surface area contributed by atoms with Gasteiger partial charge in [-0.3, -0.25) is 4.79 Å². The lowest BCUT2D eigenvalue weighted by Gasteiger charge is -2.17. The Hall–Kier alpha value is -2.01. The van der Waals surface area contributed by atoms with Gasteiger partial charge < -0.3 is 14.8 Å². The second kappa shape index (κ2) is 7.84. The number of methoxy groups -OCH3 is 1. The zero-order valence-electron chi connectivity index (χ0n) is 12.5. The molecule has 1 amide bonds. The number of carbonyl (C=O) groups excluding carboxylic acids is 1. The first kappa shape index (κ1) is 16.4. The molecule has 0 spiro atoms. The van der Waals surface area contributed by atoms with E-state index in [1.54, 1.807) is 19.2 Å². The molecular formula is C17H18BrNO3. The van der Waals surface area contributed by atoms with Crippen molar-refractivity contribution in [3.8, 4) is 11.5 Å². The Morgan fingerprint density at radius 2 is 1.86 bits per heavy atom. The van der Waals surface area contributed by atoms with Gasteiger partial charge in [0.1, 0.15) is 11.5 Å². The molecule has 1 N–H and O–H groups in total. The van der Waals surface area contributed by atoms with Gasteiger partial charge in [-0.2, -0.15) is 0 Å². The van der Waals surface area contributed by atoms with Crippen LogP contribution < -0.4 is 14.8 Å². The maximum absolute atomic E-state index is 12.3. The summed E-state index contributed by atoms with van der Waals surface area (Å²) in [6, 6.07) is 14.6. The molecule has 4 nitrogen and oxygen atoms in total. The van der Waals surface area contributed by atoms with E-state index >= 15 is 0 Å². The van der Waals surface area contributed by atoms with Crippen LogP contribution in [0.25, 0.3) is 0 Å². The lowest BCUT2D eigenvalue weighted by atomic mass is 10.2. The summed E-state index contributed by atoms with van der Waals surface area (Å²) in [5.41, 5.74) is 0.737. The van der Waals surface area contributed by atoms with Crippen molar-refractivity contribution in [2.45, 2.75) is 19.4 Å². The first-order chi connectivity index (χ1) is 10.6. The van der Waals surface area contributed by atoms with E-state index in [1.165, 1.54) is 0 Å². The predicted molar refractivity (Wildman–Crippen MR) is 90.5 cm³/mol. The smallest absolute Gasteiger partial charge is 0.265 e. The molecule has 0 bridgehead atoms. The molecule has 2 aromatic carbocycles. The quantitative estimate of drug-likeness (QED) is 0.834. The normalized spacial score (nSPS) is 11.6. The number of halogens is 1. The number of rotatable bonds is 6. The summed E-state index contributed by atoms with van der Waals surface area (Å²) >= 11 is 3.36. The van der Waals surface area contributed by atoms with Gasteiger partial charge in [-0.15, -0.1) is 0 Å². The number of amides is 1. The topological polar surface area (TPSA) is 47.6 Å². The molecular weight excluding hydrogens is 346 g/mol. The van der Waals surface area contributed by atoms with Crippen LogP contribution in [0.2, 0.25) is 0 Å². The van der Waals surface area contributed by atoms with Crippen LogP contribution in [0.15, 0.2) is 53.0 Å². The van der Waals surface area contributed by atoms with E-state index < -0.39 is 6.10 Å². The maximum Gasteiger partial charge on any atom is 0.265 e. The first-order valence-electron chi connectivity index (χ1n) is 6.99. The van der Waals surface area contributed by atoms with E-state index in [-0.39, 0.29) is 5.91 Å². The standard InChI is InChI=1S/C17H18BrNO3/c1-3-16(22-15-6-4-5-14(11-15)21-2)17(20)19-13-9-7-12(18)8-10-13/h4-11,16H,3H2,1-2H3,(H,19,20). The van der Waals surface area contributed by atoms with Crippen LogP contribution in [0.4, 0.5) is 5.69 Å². The number of benzene rings is 2. The number of ether oxygens (including phenoxy) is 2. The highest BCUT2D eigenvalue weighted by Gasteiger charge is 2.18. The van der Waals surface area contributed by atoms with Crippen molar-refractivity contribution in [3.05, 3.63) is 53.0 Å². The molecule has 0 saturated carbocycles. The molecule has 2 rings (SSSR count). The number of anilines is 1. The molecule has 1 unspecified atom stereocenters. The van der Waals surface area contributed by atoms with E-state index in [0.717, 1.165) is 10.2 Å². The third-order valence-corrected chi connectivity index (χ3v) is 3.62. The fraction of sp³-hybridized carbons (Fsp3) is 0.235. The van der Waals surface area contributed by atoms with Gasteiger partial charge >= 0.3 is 0 Å². The summed E-state index contributed by atoms with van der Waals surface area (Å²) in [6.07, 6.45) is 0.00953. The van der Waals surface area contributed by atoms with Crippen molar-refractivity contribution in [3.63, 3.8) is 0 Å². The van der Waals surface area contributed by atoms with Gasteiger partial charge in [0.25, 0.3) is 5.91 Å². The van der Waals surface area contributed by atoms with E-state index in [1.807, 2.05) is 43.3 Å². The lowest BCUT2D eigenvalue weighted by Crippen LogP contribution is -2.32. The molecule has 22 heavy (non-hydrogen) atoms. The van der Waals surface area contributed by atoms with Gasteiger partial charge in [0.2, 0.25) is 0 Å². The van der Waals surface area contributed by atoms with E-state index in [9.17, 15) is 4.79 Å². The summed E-state index contributed by atoms with van der Waals surface area (Å²) in [5, 5.41) is 2.85. The monoisotopic (exact) mass is 363 g/mol. The summed E-state index contributed by atoms with van der Waals surface area (Å²) < 4.78 is 11.9. The fourth-order valence-corrected chi connectivity index (χ4v) is 2.18. The summed E-state index contributed by atoms with van der Waals surface area (Å²) in [5.74, 6) is 1.13. The van der Waals surface area contributed by atoms with Crippen molar-refractivity contribution in [1.29, 1.82) is 0 Å². The number of hydrogen-bond acceptors (Lipinski definition) is 3. The number of nitrogens with one attached hydrogen (secondary N) is 1. The molecule has 1 atom stereocenters. The minimum atomic E-state index is -0.559. The zero-order chi connectivity index (χ0) is 15.9. The predicted octanol–water partition coefficient (Wildman–Crippen LogP) is 4.25. The Balaban J connectivity index is 2.03. The zero-order valence-corrected chi connectivity index (χ0v) is 14.1. The highest BCUT2D eigenvalue weighted by Crippen LogP contribution is 2.21. The summed E-state index contributed by atoms with van der Waals surface area (Å²) in [4.78, 5) is 12.3. The van der Waals surface area contributed by atoms with Gasteiger partial charge in [-0.05, 0) is 42.8 Å². The average Bonchev–Trinajstić information content (AvgIpc) is 2.54. The molecule has 0 heterocycles. The summed E-state index contributed by atoms with van der Waals surface area (Å²) in [7, 11) is 1.59.